The molecule has 0 radical (unpaired) electrons. The van der Waals surface area contributed by atoms with E-state index in [4.69, 9.17) is 20.9 Å². The van der Waals surface area contributed by atoms with Crippen molar-refractivity contribution in [3.8, 4) is 17.3 Å². The molecular weight excluding hydrogens is 364 g/mol. The van der Waals surface area contributed by atoms with Crippen molar-refractivity contribution >= 4 is 11.6 Å². The average Bonchev–Trinajstić information content (AvgIpc) is 2.98. The van der Waals surface area contributed by atoms with Gasteiger partial charge in [-0.25, -0.2) is 18.7 Å². The Labute approximate surface area is 153 Å². The maximum atomic E-state index is 13.9. The molecule has 3 aromatic rings. The second kappa shape index (κ2) is 6.64. The molecule has 0 spiro atoms. The van der Waals surface area contributed by atoms with Gasteiger partial charge in [-0.1, -0.05) is 16.8 Å². The lowest BCUT2D eigenvalue weighted by Crippen LogP contribution is -2.33. The molecule has 0 atom stereocenters. The molecular formula is C18H14ClF2N3O2. The standard InChI is InChI=1S/C18H14ClF2N3O2/c1-9-2-16(26-24-9)15-7-23-17(8-22-15)25-12-3-10(4-12)18-13(20)5-11(19)6-14(18)21/h2,5-8,10,12H,3-4H2,1H3. The van der Waals surface area contributed by atoms with Gasteiger partial charge in [-0.3, -0.25) is 0 Å². The van der Waals surface area contributed by atoms with Gasteiger partial charge in [0.05, 0.1) is 18.1 Å². The Bertz CT molecular complexity index is 917. The highest BCUT2D eigenvalue weighted by Crippen LogP contribution is 2.41. The maximum Gasteiger partial charge on any atom is 0.232 e. The average molecular weight is 378 g/mol. The van der Waals surface area contributed by atoms with E-state index < -0.39 is 11.6 Å². The van der Waals surface area contributed by atoms with Gasteiger partial charge in [0.1, 0.15) is 23.4 Å². The van der Waals surface area contributed by atoms with E-state index in [1.807, 2.05) is 6.92 Å². The van der Waals surface area contributed by atoms with Gasteiger partial charge in [0, 0.05) is 16.7 Å². The van der Waals surface area contributed by atoms with Crippen molar-refractivity contribution in [2.24, 2.45) is 0 Å². The summed E-state index contributed by atoms with van der Waals surface area (Å²) in [5, 5.41) is 3.85. The third-order valence-electron chi connectivity index (χ3n) is 4.34. The smallest absolute Gasteiger partial charge is 0.232 e. The fourth-order valence-corrected chi connectivity index (χ4v) is 3.19. The van der Waals surface area contributed by atoms with E-state index in [1.54, 1.807) is 6.07 Å². The van der Waals surface area contributed by atoms with Crippen molar-refractivity contribution in [2.75, 3.05) is 0 Å². The van der Waals surface area contributed by atoms with Gasteiger partial charge >= 0.3 is 0 Å². The number of aromatic nitrogens is 3. The molecule has 5 nitrogen and oxygen atoms in total. The highest BCUT2D eigenvalue weighted by atomic mass is 35.5. The second-order valence-corrected chi connectivity index (χ2v) is 6.70. The zero-order valence-corrected chi connectivity index (χ0v) is 14.5. The predicted molar refractivity (Wildman–Crippen MR) is 90.0 cm³/mol. The second-order valence-electron chi connectivity index (χ2n) is 6.26. The van der Waals surface area contributed by atoms with E-state index in [2.05, 4.69) is 15.1 Å². The predicted octanol–water partition coefficient (Wildman–Crippen LogP) is 4.70. The van der Waals surface area contributed by atoms with Crippen LogP contribution in [-0.2, 0) is 0 Å². The third-order valence-corrected chi connectivity index (χ3v) is 4.56. The van der Waals surface area contributed by atoms with Crippen LogP contribution in [0.4, 0.5) is 8.78 Å². The lowest BCUT2D eigenvalue weighted by molar-refractivity contribution is 0.0904. The summed E-state index contributed by atoms with van der Waals surface area (Å²) >= 11 is 5.65. The number of ether oxygens (including phenoxy) is 1. The monoisotopic (exact) mass is 377 g/mol. The van der Waals surface area contributed by atoms with Gasteiger partial charge in [0.2, 0.25) is 5.88 Å². The molecule has 8 heteroatoms. The van der Waals surface area contributed by atoms with Crippen LogP contribution in [0.1, 0.15) is 30.0 Å². The highest BCUT2D eigenvalue weighted by Gasteiger charge is 2.36. The first-order valence-electron chi connectivity index (χ1n) is 8.06. The molecule has 0 amide bonds. The van der Waals surface area contributed by atoms with E-state index >= 15 is 0 Å². The van der Waals surface area contributed by atoms with Gasteiger partial charge in [0.15, 0.2) is 5.76 Å². The Kier molecular flexibility index (Phi) is 4.32. The minimum Gasteiger partial charge on any atom is -0.473 e. The zero-order valence-electron chi connectivity index (χ0n) is 13.7. The van der Waals surface area contributed by atoms with E-state index in [1.165, 1.54) is 12.4 Å². The number of halogens is 3. The largest absolute Gasteiger partial charge is 0.473 e. The molecule has 4 rings (SSSR count). The number of nitrogens with zero attached hydrogens (tertiary/aromatic N) is 3. The molecule has 0 N–H and O–H groups in total. The third kappa shape index (κ3) is 3.26. The lowest BCUT2D eigenvalue weighted by atomic mass is 9.77. The fourth-order valence-electron chi connectivity index (χ4n) is 3.00. The number of hydrogen-bond donors (Lipinski definition) is 0. The summed E-state index contributed by atoms with van der Waals surface area (Å²) < 4.78 is 38.7. The van der Waals surface area contributed by atoms with E-state index in [0.29, 0.717) is 30.2 Å². The van der Waals surface area contributed by atoms with Crippen molar-refractivity contribution in [1.82, 2.24) is 15.1 Å². The molecule has 1 saturated carbocycles. The Morgan fingerprint density at radius 3 is 2.42 bits per heavy atom. The summed E-state index contributed by atoms with van der Waals surface area (Å²) in [5.74, 6) is -0.596. The molecule has 1 aliphatic rings. The number of rotatable bonds is 4. The van der Waals surface area contributed by atoms with Gasteiger partial charge in [0.25, 0.3) is 0 Å². The molecule has 0 unspecified atom stereocenters. The number of hydrogen-bond acceptors (Lipinski definition) is 5. The van der Waals surface area contributed by atoms with Crippen LogP contribution in [0, 0.1) is 18.6 Å². The van der Waals surface area contributed by atoms with Crippen molar-refractivity contribution in [2.45, 2.75) is 31.8 Å². The van der Waals surface area contributed by atoms with Gasteiger partial charge in [-0.15, -0.1) is 0 Å². The van der Waals surface area contributed by atoms with Crippen LogP contribution in [0.3, 0.4) is 0 Å². The topological polar surface area (TPSA) is 61.0 Å². The van der Waals surface area contributed by atoms with Crippen molar-refractivity contribution in [1.29, 1.82) is 0 Å². The van der Waals surface area contributed by atoms with Gasteiger partial charge in [-0.05, 0) is 37.8 Å². The Morgan fingerprint density at radius 2 is 1.85 bits per heavy atom. The number of aryl methyl sites for hydroxylation is 1. The van der Waals surface area contributed by atoms with Crippen molar-refractivity contribution in [3.05, 3.63) is 58.5 Å². The van der Waals surface area contributed by atoms with E-state index in [9.17, 15) is 8.78 Å². The summed E-state index contributed by atoms with van der Waals surface area (Å²) in [7, 11) is 0. The van der Waals surface area contributed by atoms with E-state index in [-0.39, 0.29) is 22.6 Å². The molecule has 1 fully saturated rings. The molecule has 2 heterocycles. The molecule has 0 bridgehead atoms. The summed E-state index contributed by atoms with van der Waals surface area (Å²) in [6.45, 7) is 1.82. The zero-order chi connectivity index (χ0) is 18.3. The van der Waals surface area contributed by atoms with Gasteiger partial charge in [-0.2, -0.15) is 0 Å². The summed E-state index contributed by atoms with van der Waals surface area (Å²) in [4.78, 5) is 8.43. The minimum atomic E-state index is -0.620. The quantitative estimate of drug-likeness (QED) is 0.659. The molecule has 0 saturated heterocycles. The molecule has 1 aromatic carbocycles. The fraction of sp³-hybridized carbons (Fsp3) is 0.278. The lowest BCUT2D eigenvalue weighted by Gasteiger charge is -2.35. The summed E-state index contributed by atoms with van der Waals surface area (Å²) in [6.07, 6.45) is 3.86. The van der Waals surface area contributed by atoms with Crippen LogP contribution in [-0.4, -0.2) is 21.2 Å². The first-order valence-corrected chi connectivity index (χ1v) is 8.44. The first-order chi connectivity index (χ1) is 12.5. The Hall–Kier alpha value is -2.54. The van der Waals surface area contributed by atoms with Crippen molar-refractivity contribution < 1.29 is 18.0 Å². The van der Waals surface area contributed by atoms with Crippen LogP contribution in [0.2, 0.25) is 5.02 Å². The number of benzene rings is 1. The normalized spacial score (nSPS) is 19.2. The van der Waals surface area contributed by atoms with Crippen molar-refractivity contribution in [3.63, 3.8) is 0 Å². The molecule has 1 aliphatic carbocycles. The summed E-state index contributed by atoms with van der Waals surface area (Å²) in [5.41, 5.74) is 1.37. The highest BCUT2D eigenvalue weighted by molar-refractivity contribution is 6.30. The maximum absolute atomic E-state index is 13.9. The minimum absolute atomic E-state index is 0.0492. The van der Waals surface area contributed by atoms with E-state index in [0.717, 1.165) is 17.8 Å². The van der Waals surface area contributed by atoms with Crippen LogP contribution in [0.15, 0.2) is 35.1 Å². The summed E-state index contributed by atoms with van der Waals surface area (Å²) in [6, 6.07) is 4.02. The molecule has 134 valence electrons. The first kappa shape index (κ1) is 16.9. The van der Waals surface area contributed by atoms with Crippen LogP contribution < -0.4 is 4.74 Å². The van der Waals surface area contributed by atoms with Crippen LogP contribution >= 0.6 is 11.6 Å². The molecule has 26 heavy (non-hydrogen) atoms. The van der Waals surface area contributed by atoms with Crippen LogP contribution in [0.5, 0.6) is 5.88 Å². The Morgan fingerprint density at radius 1 is 1.12 bits per heavy atom. The molecule has 2 aromatic heterocycles. The van der Waals surface area contributed by atoms with Gasteiger partial charge < -0.3 is 9.26 Å². The molecule has 0 aliphatic heterocycles. The SMILES string of the molecule is Cc1cc(-c2cnc(OC3CC(c4c(F)cc(Cl)cc4F)C3)cn2)on1. The van der Waals surface area contributed by atoms with Crippen LogP contribution in [0.25, 0.3) is 11.5 Å². The Balaban J connectivity index is 1.38.